The quantitative estimate of drug-likeness (QED) is 0.278. The number of carbonyl (C=O) groups excluding carboxylic acids is 2. The summed E-state index contributed by atoms with van der Waals surface area (Å²) < 4.78 is 15.9. The fraction of sp³-hybridized carbons (Fsp3) is 0.190. The van der Waals surface area contributed by atoms with Gasteiger partial charge >= 0.3 is 5.97 Å². The predicted octanol–water partition coefficient (Wildman–Crippen LogP) is 3.12. The number of nitro benzene ring substituents is 1. The third-order valence-corrected chi connectivity index (χ3v) is 4.55. The average molecular weight is 460 g/mol. The van der Waals surface area contributed by atoms with Gasteiger partial charge in [0.05, 0.1) is 12.0 Å². The van der Waals surface area contributed by atoms with Gasteiger partial charge in [-0.15, -0.1) is 0 Å². The molecule has 2 aromatic rings. The van der Waals surface area contributed by atoms with Crippen LogP contribution in [0.3, 0.4) is 0 Å². The molecule has 0 aliphatic carbocycles. The van der Waals surface area contributed by atoms with E-state index in [-0.39, 0.29) is 40.4 Å². The minimum absolute atomic E-state index is 0.00403. The molecule has 0 saturated heterocycles. The molecule has 1 N–H and O–H groups in total. The molecule has 1 aliphatic heterocycles. The van der Waals surface area contributed by atoms with Gasteiger partial charge in [-0.3, -0.25) is 14.9 Å². The van der Waals surface area contributed by atoms with E-state index in [0.29, 0.717) is 23.6 Å². The molecule has 0 radical (unpaired) electrons. The number of amides is 1. The number of nitrogens with one attached hydrogen (secondary N) is 1. The molecule has 0 aromatic heterocycles. The number of nitro groups is 1. The lowest BCUT2D eigenvalue weighted by atomic mass is 10.1. The molecule has 0 fully saturated rings. The Kier molecular flexibility index (Phi) is 7.06. The monoisotopic (exact) mass is 459 g/mol. The molecular weight excluding hydrogens is 442 g/mol. The van der Waals surface area contributed by atoms with Crippen LogP contribution in [0.2, 0.25) is 5.02 Å². The number of rotatable bonds is 8. The van der Waals surface area contributed by atoms with E-state index in [0.717, 1.165) is 0 Å². The van der Waals surface area contributed by atoms with Crippen LogP contribution in [0.4, 0.5) is 5.69 Å². The largest absolute Gasteiger partial charge is 0.493 e. The van der Waals surface area contributed by atoms with Crippen LogP contribution in [0.25, 0.3) is 6.08 Å². The van der Waals surface area contributed by atoms with Crippen LogP contribution in [0.1, 0.15) is 18.1 Å². The molecule has 1 aliphatic rings. The number of ether oxygens (including phenoxy) is 3. The maximum Gasteiger partial charge on any atom is 0.363 e. The molecule has 166 valence electrons. The van der Waals surface area contributed by atoms with Crippen molar-refractivity contribution in [3.63, 3.8) is 0 Å². The number of benzene rings is 2. The van der Waals surface area contributed by atoms with E-state index in [1.54, 1.807) is 25.1 Å². The van der Waals surface area contributed by atoms with E-state index in [1.807, 2.05) is 0 Å². The van der Waals surface area contributed by atoms with Crippen molar-refractivity contribution in [3.05, 3.63) is 68.4 Å². The summed E-state index contributed by atoms with van der Waals surface area (Å²) in [4.78, 5) is 38.4. The Morgan fingerprint density at radius 2 is 2.06 bits per heavy atom. The average Bonchev–Trinajstić information content (AvgIpc) is 3.13. The summed E-state index contributed by atoms with van der Waals surface area (Å²) in [5, 5.41) is 13.7. The second-order valence-corrected chi connectivity index (χ2v) is 6.82. The number of halogens is 1. The van der Waals surface area contributed by atoms with Gasteiger partial charge in [0.1, 0.15) is 5.02 Å². The van der Waals surface area contributed by atoms with Crippen LogP contribution < -0.4 is 14.8 Å². The summed E-state index contributed by atoms with van der Waals surface area (Å²) in [6.07, 6.45) is 1.47. The standard InChI is InChI=1S/C21H18ClN3O7/c1-3-23-19(26)11-31-17-7-4-12(9-18(17)30-2)8-15-21(27)32-20(24-15)13-5-6-14(22)16(10-13)25(28)29/h4-10H,3,11H2,1-2H3,(H,23,26)/b15-8-. The molecular formula is C21H18ClN3O7. The van der Waals surface area contributed by atoms with Crippen LogP contribution in [-0.4, -0.2) is 43.0 Å². The zero-order chi connectivity index (χ0) is 23.3. The van der Waals surface area contributed by atoms with Gasteiger partial charge in [0.2, 0.25) is 5.90 Å². The highest BCUT2D eigenvalue weighted by Crippen LogP contribution is 2.30. The Morgan fingerprint density at radius 1 is 1.28 bits per heavy atom. The molecule has 1 heterocycles. The Balaban J connectivity index is 1.84. The SMILES string of the molecule is CCNC(=O)COc1ccc(/C=C2\N=C(c3ccc(Cl)c([N+](=O)[O-])c3)OC2=O)cc1OC. The predicted molar refractivity (Wildman–Crippen MR) is 116 cm³/mol. The first kappa shape index (κ1) is 22.8. The van der Waals surface area contributed by atoms with Crippen LogP contribution in [0.5, 0.6) is 11.5 Å². The lowest BCUT2D eigenvalue weighted by molar-refractivity contribution is -0.384. The summed E-state index contributed by atoms with van der Waals surface area (Å²) in [5.41, 5.74) is 0.472. The zero-order valence-electron chi connectivity index (χ0n) is 17.1. The first-order chi connectivity index (χ1) is 15.3. The van der Waals surface area contributed by atoms with E-state index in [4.69, 9.17) is 25.8 Å². The Labute approximate surface area is 187 Å². The van der Waals surface area contributed by atoms with E-state index in [1.165, 1.54) is 31.4 Å². The fourth-order valence-corrected chi connectivity index (χ4v) is 2.95. The van der Waals surface area contributed by atoms with Gasteiger partial charge < -0.3 is 19.5 Å². The summed E-state index contributed by atoms with van der Waals surface area (Å²) >= 11 is 5.81. The fourth-order valence-electron chi connectivity index (χ4n) is 2.76. The number of methoxy groups -OCH3 is 1. The van der Waals surface area contributed by atoms with Gasteiger partial charge in [0.15, 0.2) is 23.8 Å². The number of hydrogen-bond donors (Lipinski definition) is 1. The first-order valence-electron chi connectivity index (χ1n) is 9.36. The molecule has 11 heteroatoms. The minimum Gasteiger partial charge on any atom is -0.493 e. The second kappa shape index (κ2) is 9.92. The molecule has 0 saturated carbocycles. The maximum atomic E-state index is 12.2. The molecule has 32 heavy (non-hydrogen) atoms. The molecule has 0 unspecified atom stereocenters. The van der Waals surface area contributed by atoms with Crippen molar-refractivity contribution in [1.82, 2.24) is 5.32 Å². The number of aliphatic imine (C=N–C) groups is 1. The van der Waals surface area contributed by atoms with E-state index in [2.05, 4.69) is 10.3 Å². The van der Waals surface area contributed by atoms with Crippen LogP contribution in [-0.2, 0) is 14.3 Å². The van der Waals surface area contributed by atoms with Crippen molar-refractivity contribution < 1.29 is 28.7 Å². The summed E-state index contributed by atoms with van der Waals surface area (Å²) in [6.45, 7) is 2.13. The summed E-state index contributed by atoms with van der Waals surface area (Å²) in [7, 11) is 1.44. The van der Waals surface area contributed by atoms with Gasteiger partial charge in [-0.2, -0.15) is 0 Å². The van der Waals surface area contributed by atoms with Crippen molar-refractivity contribution in [2.75, 3.05) is 20.3 Å². The highest BCUT2D eigenvalue weighted by Gasteiger charge is 2.26. The number of hydrogen-bond acceptors (Lipinski definition) is 8. The number of carbonyl (C=O) groups is 2. The highest BCUT2D eigenvalue weighted by atomic mass is 35.5. The molecule has 1 amide bonds. The number of cyclic esters (lactones) is 1. The Morgan fingerprint density at radius 3 is 2.75 bits per heavy atom. The maximum absolute atomic E-state index is 12.2. The van der Waals surface area contributed by atoms with Gasteiger partial charge in [0, 0.05) is 18.2 Å². The molecule has 0 bridgehead atoms. The first-order valence-corrected chi connectivity index (χ1v) is 9.74. The van der Waals surface area contributed by atoms with Crippen LogP contribution in [0, 0.1) is 10.1 Å². The lowest BCUT2D eigenvalue weighted by Gasteiger charge is -2.11. The van der Waals surface area contributed by atoms with Gasteiger partial charge in [0.25, 0.3) is 11.6 Å². The van der Waals surface area contributed by atoms with E-state index in [9.17, 15) is 19.7 Å². The smallest absolute Gasteiger partial charge is 0.363 e. The lowest BCUT2D eigenvalue weighted by Crippen LogP contribution is -2.28. The van der Waals surface area contributed by atoms with Gasteiger partial charge in [-0.05, 0) is 42.8 Å². The van der Waals surface area contributed by atoms with Crippen molar-refractivity contribution in [2.24, 2.45) is 4.99 Å². The van der Waals surface area contributed by atoms with E-state index >= 15 is 0 Å². The van der Waals surface area contributed by atoms with Crippen molar-refractivity contribution in [1.29, 1.82) is 0 Å². The molecule has 10 nitrogen and oxygen atoms in total. The third-order valence-electron chi connectivity index (χ3n) is 4.23. The molecule has 3 rings (SSSR count). The van der Waals surface area contributed by atoms with E-state index < -0.39 is 10.9 Å². The normalized spacial score (nSPS) is 14.0. The van der Waals surface area contributed by atoms with Crippen molar-refractivity contribution >= 4 is 41.1 Å². The number of nitrogens with zero attached hydrogens (tertiary/aromatic N) is 2. The van der Waals surface area contributed by atoms with Crippen molar-refractivity contribution in [3.8, 4) is 11.5 Å². The van der Waals surface area contributed by atoms with Gasteiger partial charge in [-0.25, -0.2) is 9.79 Å². The third kappa shape index (κ3) is 5.22. The summed E-state index contributed by atoms with van der Waals surface area (Å²) in [6, 6.07) is 8.83. The number of esters is 1. The minimum atomic E-state index is -0.715. The number of likely N-dealkylation sites (N-methyl/N-ethyl adjacent to an activating group) is 1. The Hall–Kier alpha value is -3.92. The second-order valence-electron chi connectivity index (χ2n) is 6.41. The Bertz CT molecular complexity index is 1140. The van der Waals surface area contributed by atoms with Gasteiger partial charge in [-0.1, -0.05) is 17.7 Å². The van der Waals surface area contributed by atoms with Crippen LogP contribution >= 0.6 is 11.6 Å². The van der Waals surface area contributed by atoms with Crippen LogP contribution in [0.15, 0.2) is 47.1 Å². The summed E-state index contributed by atoms with van der Waals surface area (Å²) in [5.74, 6) is -0.345. The highest BCUT2D eigenvalue weighted by molar-refractivity contribution is 6.32. The molecule has 0 atom stereocenters. The van der Waals surface area contributed by atoms with Crippen molar-refractivity contribution in [2.45, 2.75) is 6.92 Å². The molecule has 2 aromatic carbocycles. The molecule has 0 spiro atoms. The zero-order valence-corrected chi connectivity index (χ0v) is 17.8. The topological polar surface area (TPSA) is 129 Å².